The maximum Gasteiger partial charge on any atom is -0.0234 e. The molecule has 0 aromatic rings. The summed E-state index contributed by atoms with van der Waals surface area (Å²) in [7, 11) is 0. The van der Waals surface area contributed by atoms with Crippen molar-refractivity contribution < 1.29 is 0 Å². The zero-order chi connectivity index (χ0) is 8.69. The third-order valence-corrected chi connectivity index (χ3v) is 1.94. The van der Waals surface area contributed by atoms with Gasteiger partial charge in [-0.2, -0.15) is 0 Å². The van der Waals surface area contributed by atoms with Gasteiger partial charge in [0.1, 0.15) is 0 Å². The quantitative estimate of drug-likeness (QED) is 0.524. The maximum atomic E-state index is 2.38. The molecule has 0 saturated carbocycles. The molecule has 0 saturated heterocycles. The highest BCUT2D eigenvalue weighted by molar-refractivity contribution is 4.87. The molecule has 11 heavy (non-hydrogen) atoms. The Hall–Kier alpha value is -0.260. The lowest BCUT2D eigenvalue weighted by atomic mass is 9.94. The van der Waals surface area contributed by atoms with Crippen molar-refractivity contribution in [1.29, 1.82) is 0 Å². The van der Waals surface area contributed by atoms with Gasteiger partial charge in [-0.05, 0) is 31.1 Å². The van der Waals surface area contributed by atoms with Crippen molar-refractivity contribution in [1.82, 2.24) is 0 Å². The van der Waals surface area contributed by atoms with Crippen molar-refractivity contribution in [2.24, 2.45) is 11.8 Å². The van der Waals surface area contributed by atoms with Crippen LogP contribution in [0.15, 0.2) is 12.2 Å². The van der Waals surface area contributed by atoms with Crippen molar-refractivity contribution >= 4 is 0 Å². The van der Waals surface area contributed by atoms with Gasteiger partial charge in [0.2, 0.25) is 0 Å². The SMILES string of the molecule is CCC=CC(CC)CC(C)C. The van der Waals surface area contributed by atoms with E-state index in [1.54, 1.807) is 0 Å². The smallest absolute Gasteiger partial charge is 0.0234 e. The first-order valence-corrected chi connectivity index (χ1v) is 4.87. The van der Waals surface area contributed by atoms with E-state index >= 15 is 0 Å². The lowest BCUT2D eigenvalue weighted by molar-refractivity contribution is 0.465. The average Bonchev–Trinajstić information content (AvgIpc) is 1.97. The van der Waals surface area contributed by atoms with Gasteiger partial charge in [-0.3, -0.25) is 0 Å². The van der Waals surface area contributed by atoms with Gasteiger partial charge >= 0.3 is 0 Å². The lowest BCUT2D eigenvalue weighted by Crippen LogP contribution is -1.99. The number of rotatable bonds is 5. The van der Waals surface area contributed by atoms with E-state index in [-0.39, 0.29) is 0 Å². The van der Waals surface area contributed by atoms with Crippen molar-refractivity contribution in [3.8, 4) is 0 Å². The third kappa shape index (κ3) is 6.15. The Morgan fingerprint density at radius 3 is 2.18 bits per heavy atom. The molecule has 66 valence electrons. The van der Waals surface area contributed by atoms with Crippen LogP contribution in [0.5, 0.6) is 0 Å². The molecular formula is C11H22. The van der Waals surface area contributed by atoms with Crippen molar-refractivity contribution in [2.75, 3.05) is 0 Å². The Kier molecular flexibility index (Phi) is 6.30. The van der Waals surface area contributed by atoms with Crippen LogP contribution in [0.1, 0.15) is 47.0 Å². The van der Waals surface area contributed by atoms with E-state index in [1.807, 2.05) is 0 Å². The normalized spacial score (nSPS) is 14.6. The predicted molar refractivity (Wildman–Crippen MR) is 52.7 cm³/mol. The lowest BCUT2D eigenvalue weighted by Gasteiger charge is -2.12. The molecule has 1 atom stereocenters. The summed E-state index contributed by atoms with van der Waals surface area (Å²) >= 11 is 0. The van der Waals surface area contributed by atoms with Crippen molar-refractivity contribution in [2.45, 2.75) is 47.0 Å². The zero-order valence-electron chi connectivity index (χ0n) is 8.43. The van der Waals surface area contributed by atoms with Crippen LogP contribution in [0, 0.1) is 11.8 Å². The molecular weight excluding hydrogens is 132 g/mol. The van der Waals surface area contributed by atoms with Crippen LogP contribution < -0.4 is 0 Å². The Labute approximate surface area is 71.7 Å². The summed E-state index contributed by atoms with van der Waals surface area (Å²) in [4.78, 5) is 0. The summed E-state index contributed by atoms with van der Waals surface area (Å²) in [5.74, 6) is 1.65. The molecule has 0 spiro atoms. The molecule has 0 heteroatoms. The molecule has 1 unspecified atom stereocenters. The molecule has 0 amide bonds. The second-order valence-corrected chi connectivity index (χ2v) is 3.63. The van der Waals surface area contributed by atoms with Gasteiger partial charge in [-0.15, -0.1) is 0 Å². The standard InChI is InChI=1S/C11H22/c1-5-7-8-11(6-2)9-10(3)4/h7-8,10-11H,5-6,9H2,1-4H3. The summed E-state index contributed by atoms with van der Waals surface area (Å²) in [5.41, 5.74) is 0. The monoisotopic (exact) mass is 154 g/mol. The highest BCUT2D eigenvalue weighted by Gasteiger charge is 2.03. The van der Waals surface area contributed by atoms with Crippen LogP contribution in [0.3, 0.4) is 0 Å². The molecule has 0 aliphatic carbocycles. The van der Waals surface area contributed by atoms with Gasteiger partial charge < -0.3 is 0 Å². The topological polar surface area (TPSA) is 0 Å². The summed E-state index contributed by atoms with van der Waals surface area (Å²) in [6.07, 6.45) is 8.47. The summed E-state index contributed by atoms with van der Waals surface area (Å²) in [6.45, 7) is 9.05. The zero-order valence-corrected chi connectivity index (χ0v) is 8.43. The van der Waals surface area contributed by atoms with E-state index in [1.165, 1.54) is 19.3 Å². The predicted octanol–water partition coefficient (Wildman–Crippen LogP) is 4.02. The van der Waals surface area contributed by atoms with Gasteiger partial charge in [0.05, 0.1) is 0 Å². The van der Waals surface area contributed by atoms with E-state index in [0.29, 0.717) is 0 Å². The molecule has 0 heterocycles. The minimum absolute atomic E-state index is 0.815. The van der Waals surface area contributed by atoms with Crippen LogP contribution in [0.4, 0.5) is 0 Å². The highest BCUT2D eigenvalue weighted by atomic mass is 14.1. The molecule has 0 fully saturated rings. The number of hydrogen-bond donors (Lipinski definition) is 0. The fourth-order valence-electron chi connectivity index (χ4n) is 1.32. The summed E-state index contributed by atoms with van der Waals surface area (Å²) in [5, 5.41) is 0. The first kappa shape index (κ1) is 10.7. The largest absolute Gasteiger partial charge is 0.0885 e. The van der Waals surface area contributed by atoms with Crippen LogP contribution in [0.25, 0.3) is 0 Å². The first-order chi connectivity index (χ1) is 5.20. The molecule has 0 aliphatic rings. The van der Waals surface area contributed by atoms with E-state index in [9.17, 15) is 0 Å². The third-order valence-electron chi connectivity index (χ3n) is 1.94. The Morgan fingerprint density at radius 1 is 1.18 bits per heavy atom. The number of allylic oxidation sites excluding steroid dienone is 2. The van der Waals surface area contributed by atoms with Gasteiger partial charge in [0.25, 0.3) is 0 Å². The summed E-state index contributed by atoms with van der Waals surface area (Å²) in [6, 6.07) is 0. The molecule has 0 radical (unpaired) electrons. The molecule has 0 nitrogen and oxygen atoms in total. The van der Waals surface area contributed by atoms with Gasteiger partial charge in [-0.1, -0.05) is 39.8 Å². The van der Waals surface area contributed by atoms with Crippen molar-refractivity contribution in [3.05, 3.63) is 12.2 Å². The minimum Gasteiger partial charge on any atom is -0.0885 e. The number of hydrogen-bond acceptors (Lipinski definition) is 0. The van der Waals surface area contributed by atoms with Gasteiger partial charge in [0.15, 0.2) is 0 Å². The second kappa shape index (κ2) is 6.45. The van der Waals surface area contributed by atoms with Crippen LogP contribution in [0.2, 0.25) is 0 Å². The molecule has 0 aromatic heterocycles. The fraction of sp³-hybridized carbons (Fsp3) is 0.818. The van der Waals surface area contributed by atoms with E-state index in [4.69, 9.17) is 0 Å². The molecule has 0 rings (SSSR count). The molecule has 0 N–H and O–H groups in total. The first-order valence-electron chi connectivity index (χ1n) is 4.87. The van der Waals surface area contributed by atoms with Crippen LogP contribution in [-0.2, 0) is 0 Å². The summed E-state index contributed by atoms with van der Waals surface area (Å²) < 4.78 is 0. The molecule has 0 bridgehead atoms. The Bertz CT molecular complexity index is 101. The van der Waals surface area contributed by atoms with E-state index < -0.39 is 0 Å². The Morgan fingerprint density at radius 2 is 1.82 bits per heavy atom. The molecule has 0 aromatic carbocycles. The average molecular weight is 154 g/mol. The van der Waals surface area contributed by atoms with Crippen molar-refractivity contribution in [3.63, 3.8) is 0 Å². The highest BCUT2D eigenvalue weighted by Crippen LogP contribution is 2.16. The molecule has 0 aliphatic heterocycles. The van der Waals surface area contributed by atoms with Crippen LogP contribution >= 0.6 is 0 Å². The van der Waals surface area contributed by atoms with E-state index in [0.717, 1.165) is 11.8 Å². The fourth-order valence-corrected chi connectivity index (χ4v) is 1.32. The Balaban J connectivity index is 3.66. The van der Waals surface area contributed by atoms with Gasteiger partial charge in [0, 0.05) is 0 Å². The van der Waals surface area contributed by atoms with Crippen LogP contribution in [-0.4, -0.2) is 0 Å². The second-order valence-electron chi connectivity index (χ2n) is 3.63. The van der Waals surface area contributed by atoms with E-state index in [2.05, 4.69) is 39.8 Å². The maximum absolute atomic E-state index is 2.38. The minimum atomic E-state index is 0.815. The van der Waals surface area contributed by atoms with Gasteiger partial charge in [-0.25, -0.2) is 0 Å².